The van der Waals surface area contributed by atoms with E-state index in [1.807, 2.05) is 13.8 Å². The van der Waals surface area contributed by atoms with Gasteiger partial charge in [-0.15, -0.1) is 0 Å². The van der Waals surface area contributed by atoms with Crippen LogP contribution in [0.15, 0.2) is 4.52 Å². The van der Waals surface area contributed by atoms with E-state index in [0.29, 0.717) is 24.8 Å². The van der Waals surface area contributed by atoms with E-state index in [-0.39, 0.29) is 11.8 Å². The summed E-state index contributed by atoms with van der Waals surface area (Å²) in [4.78, 5) is 18.0. The Balaban J connectivity index is 1.82. The topological polar surface area (TPSA) is 71.3 Å². The van der Waals surface area contributed by atoms with E-state index in [0.717, 1.165) is 25.3 Å². The average Bonchev–Trinajstić information content (AvgIpc) is 2.99. The summed E-state index contributed by atoms with van der Waals surface area (Å²) in [6, 6.07) is 0. The Morgan fingerprint density at radius 1 is 1.58 bits per heavy atom. The first kappa shape index (κ1) is 14.0. The normalized spacial score (nSPS) is 20.1. The Hall–Kier alpha value is -1.43. The molecular weight excluding hydrogens is 244 g/mol. The number of carbonyl (C=O) groups excluding carboxylic acids is 1. The van der Waals surface area contributed by atoms with Crippen LogP contribution in [-0.2, 0) is 11.3 Å². The van der Waals surface area contributed by atoms with Gasteiger partial charge in [-0.3, -0.25) is 9.69 Å². The summed E-state index contributed by atoms with van der Waals surface area (Å²) in [5.74, 6) is 2.26. The molecule has 0 spiro atoms. The number of nitrogens with one attached hydrogen (secondary N) is 1. The minimum absolute atomic E-state index is 0.119. The molecule has 1 aliphatic rings. The van der Waals surface area contributed by atoms with Crippen LogP contribution in [0.2, 0.25) is 0 Å². The molecule has 106 valence electrons. The molecule has 1 aromatic heterocycles. The Labute approximate surface area is 113 Å². The number of nitrogens with zero attached hydrogens (tertiary/aromatic N) is 3. The van der Waals surface area contributed by atoms with Crippen molar-refractivity contribution in [3.63, 3.8) is 0 Å². The van der Waals surface area contributed by atoms with Crippen molar-refractivity contribution in [2.24, 2.45) is 5.92 Å². The molecule has 0 saturated carbocycles. The van der Waals surface area contributed by atoms with Crippen molar-refractivity contribution in [3.05, 3.63) is 11.7 Å². The standard InChI is InChI=1S/C13H22N4O2/c1-9(2)13-15-11(16-19-13)8-17-5-4-10(7-17)6-12(18)14-3/h9-10H,4-8H2,1-3H3,(H,14,18)/t10-/m0/s1. The Bertz CT molecular complexity index is 430. The number of rotatable bonds is 5. The van der Waals surface area contributed by atoms with E-state index < -0.39 is 0 Å². The third-order valence-corrected chi connectivity index (χ3v) is 3.47. The molecule has 2 heterocycles. The second-order valence-corrected chi connectivity index (χ2v) is 5.47. The van der Waals surface area contributed by atoms with E-state index in [9.17, 15) is 4.79 Å². The Morgan fingerprint density at radius 3 is 3.00 bits per heavy atom. The Kier molecular flexibility index (Phi) is 4.52. The maximum absolute atomic E-state index is 11.3. The minimum atomic E-state index is 0.119. The molecule has 0 aromatic carbocycles. The first-order valence-electron chi connectivity index (χ1n) is 6.84. The number of hydrogen-bond acceptors (Lipinski definition) is 5. The molecule has 0 radical (unpaired) electrons. The summed E-state index contributed by atoms with van der Waals surface area (Å²) in [5.41, 5.74) is 0. The van der Waals surface area contributed by atoms with Gasteiger partial charge in [0.25, 0.3) is 0 Å². The molecule has 1 fully saturated rings. The van der Waals surface area contributed by atoms with Gasteiger partial charge in [0.05, 0.1) is 6.54 Å². The van der Waals surface area contributed by atoms with Gasteiger partial charge in [-0.2, -0.15) is 4.98 Å². The van der Waals surface area contributed by atoms with Crippen LogP contribution in [0.4, 0.5) is 0 Å². The van der Waals surface area contributed by atoms with Crippen LogP contribution in [0, 0.1) is 5.92 Å². The molecule has 1 amide bonds. The number of carbonyl (C=O) groups is 1. The van der Waals surface area contributed by atoms with Crippen molar-refractivity contribution in [1.82, 2.24) is 20.4 Å². The summed E-state index contributed by atoms with van der Waals surface area (Å²) in [6.07, 6.45) is 1.67. The minimum Gasteiger partial charge on any atom is -0.359 e. The lowest BCUT2D eigenvalue weighted by molar-refractivity contribution is -0.121. The van der Waals surface area contributed by atoms with Crippen molar-refractivity contribution < 1.29 is 9.32 Å². The van der Waals surface area contributed by atoms with E-state index in [1.165, 1.54) is 0 Å². The molecule has 1 N–H and O–H groups in total. The van der Waals surface area contributed by atoms with Gasteiger partial charge in [0.15, 0.2) is 5.82 Å². The average molecular weight is 266 g/mol. The summed E-state index contributed by atoms with van der Waals surface area (Å²) >= 11 is 0. The smallest absolute Gasteiger partial charge is 0.229 e. The highest BCUT2D eigenvalue weighted by Crippen LogP contribution is 2.21. The maximum atomic E-state index is 11.3. The highest BCUT2D eigenvalue weighted by Gasteiger charge is 2.25. The summed E-state index contributed by atoms with van der Waals surface area (Å²) in [7, 11) is 1.68. The fourth-order valence-electron chi connectivity index (χ4n) is 2.35. The molecule has 19 heavy (non-hydrogen) atoms. The number of aromatic nitrogens is 2. The van der Waals surface area contributed by atoms with Crippen LogP contribution in [0.25, 0.3) is 0 Å². The molecule has 1 aromatic rings. The van der Waals surface area contributed by atoms with Gasteiger partial charge in [0.1, 0.15) is 0 Å². The second kappa shape index (κ2) is 6.14. The molecule has 0 aliphatic carbocycles. The van der Waals surface area contributed by atoms with E-state index in [2.05, 4.69) is 20.4 Å². The molecule has 6 nitrogen and oxygen atoms in total. The summed E-state index contributed by atoms with van der Waals surface area (Å²) in [6.45, 7) is 6.70. The van der Waals surface area contributed by atoms with Crippen molar-refractivity contribution in [2.75, 3.05) is 20.1 Å². The molecule has 0 unspecified atom stereocenters. The molecule has 6 heteroatoms. The molecule has 0 bridgehead atoms. The third kappa shape index (κ3) is 3.76. The fraction of sp³-hybridized carbons (Fsp3) is 0.769. The lowest BCUT2D eigenvalue weighted by atomic mass is 10.1. The molecule has 1 atom stereocenters. The van der Waals surface area contributed by atoms with Gasteiger partial charge in [-0.1, -0.05) is 19.0 Å². The zero-order valence-electron chi connectivity index (χ0n) is 11.8. The number of hydrogen-bond donors (Lipinski definition) is 1. The van der Waals surface area contributed by atoms with E-state index in [4.69, 9.17) is 4.52 Å². The van der Waals surface area contributed by atoms with Crippen LogP contribution in [0.5, 0.6) is 0 Å². The molecule has 1 aliphatic heterocycles. The SMILES string of the molecule is CNC(=O)C[C@@H]1CCN(Cc2noc(C(C)C)n2)C1. The lowest BCUT2D eigenvalue weighted by Crippen LogP contribution is -2.24. The van der Waals surface area contributed by atoms with Gasteiger partial charge in [-0.25, -0.2) is 0 Å². The van der Waals surface area contributed by atoms with Crippen molar-refractivity contribution in [3.8, 4) is 0 Å². The lowest BCUT2D eigenvalue weighted by Gasteiger charge is -2.13. The summed E-state index contributed by atoms with van der Waals surface area (Å²) < 4.78 is 5.19. The highest BCUT2D eigenvalue weighted by atomic mass is 16.5. The van der Waals surface area contributed by atoms with Crippen LogP contribution in [0.1, 0.15) is 44.3 Å². The predicted molar refractivity (Wildman–Crippen MR) is 70.5 cm³/mol. The summed E-state index contributed by atoms with van der Waals surface area (Å²) in [5, 5.41) is 6.67. The second-order valence-electron chi connectivity index (χ2n) is 5.47. The third-order valence-electron chi connectivity index (χ3n) is 3.47. The maximum Gasteiger partial charge on any atom is 0.229 e. The Morgan fingerprint density at radius 2 is 2.37 bits per heavy atom. The van der Waals surface area contributed by atoms with Crippen LogP contribution >= 0.6 is 0 Å². The first-order chi connectivity index (χ1) is 9.08. The largest absolute Gasteiger partial charge is 0.359 e. The highest BCUT2D eigenvalue weighted by molar-refractivity contribution is 5.75. The number of likely N-dealkylation sites (tertiary alicyclic amines) is 1. The molecule has 2 rings (SSSR count). The van der Waals surface area contributed by atoms with E-state index >= 15 is 0 Å². The van der Waals surface area contributed by atoms with Crippen molar-refractivity contribution in [2.45, 2.75) is 39.2 Å². The monoisotopic (exact) mass is 266 g/mol. The van der Waals surface area contributed by atoms with Crippen molar-refractivity contribution >= 4 is 5.91 Å². The first-order valence-corrected chi connectivity index (χ1v) is 6.84. The predicted octanol–water partition coefficient (Wildman–Crippen LogP) is 1.15. The van der Waals surface area contributed by atoms with Gasteiger partial charge < -0.3 is 9.84 Å². The molecule has 1 saturated heterocycles. The van der Waals surface area contributed by atoms with Crippen LogP contribution < -0.4 is 5.32 Å². The van der Waals surface area contributed by atoms with Gasteiger partial charge in [0, 0.05) is 25.9 Å². The van der Waals surface area contributed by atoms with Crippen LogP contribution in [-0.4, -0.2) is 41.1 Å². The number of amides is 1. The van der Waals surface area contributed by atoms with Gasteiger partial charge >= 0.3 is 0 Å². The van der Waals surface area contributed by atoms with Gasteiger partial charge in [0.2, 0.25) is 11.8 Å². The van der Waals surface area contributed by atoms with Crippen LogP contribution in [0.3, 0.4) is 0 Å². The fourth-order valence-corrected chi connectivity index (χ4v) is 2.35. The van der Waals surface area contributed by atoms with Gasteiger partial charge in [-0.05, 0) is 18.9 Å². The zero-order chi connectivity index (χ0) is 13.8. The molecular formula is C13H22N4O2. The zero-order valence-corrected chi connectivity index (χ0v) is 11.8. The van der Waals surface area contributed by atoms with Crippen molar-refractivity contribution in [1.29, 1.82) is 0 Å². The quantitative estimate of drug-likeness (QED) is 0.865. The van der Waals surface area contributed by atoms with E-state index in [1.54, 1.807) is 7.05 Å².